The Labute approximate surface area is 241 Å². The molecule has 1 aliphatic heterocycles. The second-order valence-electron chi connectivity index (χ2n) is 9.58. The van der Waals surface area contributed by atoms with Crippen LogP contribution in [0.2, 0.25) is 0 Å². The highest BCUT2D eigenvalue weighted by atomic mass is 32.2. The van der Waals surface area contributed by atoms with Crippen LogP contribution >= 0.6 is 0 Å². The van der Waals surface area contributed by atoms with E-state index in [2.05, 4.69) is 20.6 Å². The van der Waals surface area contributed by atoms with Crippen molar-refractivity contribution in [3.63, 3.8) is 0 Å². The second kappa shape index (κ2) is 11.6. The molecule has 5 aromatic rings. The van der Waals surface area contributed by atoms with Gasteiger partial charge in [-0.15, -0.1) is 0 Å². The second-order valence-corrected chi connectivity index (χ2v) is 11.7. The molecule has 0 radical (unpaired) electrons. The molecule has 42 heavy (non-hydrogen) atoms. The lowest BCUT2D eigenvalue weighted by atomic mass is 10.0. The summed E-state index contributed by atoms with van der Waals surface area (Å²) in [6, 6.07) is 26.3. The van der Waals surface area contributed by atoms with Crippen LogP contribution in [0.5, 0.6) is 11.6 Å². The van der Waals surface area contributed by atoms with E-state index < -0.39 is 21.2 Å². The van der Waals surface area contributed by atoms with Crippen molar-refractivity contribution >= 4 is 38.1 Å². The summed E-state index contributed by atoms with van der Waals surface area (Å²) in [5.41, 5.74) is 2.77. The number of morpholine rings is 1. The molecule has 11 heteroatoms. The fourth-order valence-corrected chi connectivity index (χ4v) is 6.07. The summed E-state index contributed by atoms with van der Waals surface area (Å²) in [6.07, 6.45) is 1.69. The predicted octanol–water partition coefficient (Wildman–Crippen LogP) is 5.25. The molecule has 0 spiro atoms. The van der Waals surface area contributed by atoms with Gasteiger partial charge in [0.25, 0.3) is 0 Å². The average Bonchev–Trinajstić information content (AvgIpc) is 3.02. The minimum atomic E-state index is -3.92. The SMILES string of the molecule is O=C(O)c1ccccc1Nc1cc(S(=O)(=O)C2COCCN2)nc2ccc(-c3ccc(Oc4ccccc4)nc3)cc12. The van der Waals surface area contributed by atoms with Crippen LogP contribution in [0, 0.1) is 0 Å². The van der Waals surface area contributed by atoms with Gasteiger partial charge in [0, 0.05) is 29.8 Å². The standard InChI is InChI=1S/C31H26N4O6S/c36-31(37)23-8-4-5-9-25(23)34-27-17-29(42(38,39)30-19-40-15-14-32-30)35-26-12-10-20(16-24(26)27)21-11-13-28(33-18-21)41-22-6-2-1-3-7-22/h1-13,16-18,30,32H,14-15,19H2,(H,34,35)(H,36,37). The summed E-state index contributed by atoms with van der Waals surface area (Å²) in [6.45, 7) is 0.830. The number of para-hydroxylation sites is 2. The van der Waals surface area contributed by atoms with Crippen LogP contribution in [0.1, 0.15) is 10.4 Å². The summed E-state index contributed by atoms with van der Waals surface area (Å²) < 4.78 is 38.2. The molecule has 1 aliphatic rings. The molecular weight excluding hydrogens is 556 g/mol. The number of pyridine rings is 2. The van der Waals surface area contributed by atoms with E-state index in [1.807, 2.05) is 48.5 Å². The molecule has 1 fully saturated rings. The maximum atomic E-state index is 13.5. The summed E-state index contributed by atoms with van der Waals surface area (Å²) in [5, 5.41) is 15.4. The molecule has 212 valence electrons. The fraction of sp³-hybridized carbons (Fsp3) is 0.129. The molecule has 1 saturated heterocycles. The van der Waals surface area contributed by atoms with Crippen LogP contribution < -0.4 is 15.4 Å². The number of benzene rings is 3. The van der Waals surface area contributed by atoms with Gasteiger partial charge in [0.1, 0.15) is 11.1 Å². The number of aromatic nitrogens is 2. The molecule has 10 nitrogen and oxygen atoms in total. The van der Waals surface area contributed by atoms with E-state index in [1.54, 1.807) is 36.5 Å². The van der Waals surface area contributed by atoms with Crippen LogP contribution in [0.4, 0.5) is 11.4 Å². The monoisotopic (exact) mass is 582 g/mol. The third kappa shape index (κ3) is 5.66. The number of nitrogens with zero attached hydrogens (tertiary/aromatic N) is 2. The van der Waals surface area contributed by atoms with Gasteiger partial charge in [0.2, 0.25) is 15.7 Å². The summed E-state index contributed by atoms with van der Waals surface area (Å²) in [5.74, 6) is 0.000240. The smallest absolute Gasteiger partial charge is 0.337 e. The Morgan fingerprint density at radius 1 is 0.952 bits per heavy atom. The third-order valence-electron chi connectivity index (χ3n) is 6.80. The largest absolute Gasteiger partial charge is 0.478 e. The first-order valence-corrected chi connectivity index (χ1v) is 14.7. The third-order valence-corrected chi connectivity index (χ3v) is 8.65. The molecule has 0 aliphatic carbocycles. The quantitative estimate of drug-likeness (QED) is 0.222. The summed E-state index contributed by atoms with van der Waals surface area (Å²) >= 11 is 0. The Balaban J connectivity index is 1.41. The number of anilines is 2. The van der Waals surface area contributed by atoms with E-state index in [-0.39, 0.29) is 17.2 Å². The Bertz CT molecular complexity index is 1860. The van der Waals surface area contributed by atoms with Gasteiger partial charge in [-0.25, -0.2) is 23.2 Å². The van der Waals surface area contributed by atoms with Crippen molar-refractivity contribution < 1.29 is 27.8 Å². The fourth-order valence-electron chi connectivity index (χ4n) is 4.66. The number of aromatic carboxylic acids is 1. The number of carbonyl (C=O) groups is 1. The van der Waals surface area contributed by atoms with Gasteiger partial charge in [-0.2, -0.15) is 0 Å². The maximum absolute atomic E-state index is 13.5. The molecule has 3 heterocycles. The van der Waals surface area contributed by atoms with Crippen molar-refractivity contribution in [2.45, 2.75) is 10.4 Å². The van der Waals surface area contributed by atoms with Crippen molar-refractivity contribution in [3.05, 3.63) is 103 Å². The average molecular weight is 583 g/mol. The van der Waals surface area contributed by atoms with Gasteiger partial charge < -0.3 is 19.9 Å². The first-order chi connectivity index (χ1) is 20.4. The molecule has 0 amide bonds. The maximum Gasteiger partial charge on any atom is 0.337 e. The zero-order valence-electron chi connectivity index (χ0n) is 22.2. The Kier molecular flexibility index (Phi) is 7.53. The van der Waals surface area contributed by atoms with Crippen LogP contribution in [0.15, 0.2) is 102 Å². The predicted molar refractivity (Wildman–Crippen MR) is 158 cm³/mol. The molecule has 1 atom stereocenters. The van der Waals surface area contributed by atoms with E-state index in [0.717, 1.165) is 11.1 Å². The number of ether oxygens (including phenoxy) is 2. The lowest BCUT2D eigenvalue weighted by molar-refractivity contribution is 0.0698. The number of fused-ring (bicyclic) bond motifs is 1. The first-order valence-electron chi connectivity index (χ1n) is 13.2. The zero-order chi connectivity index (χ0) is 29.1. The number of carboxylic acids is 1. The number of nitrogens with one attached hydrogen (secondary N) is 2. The minimum Gasteiger partial charge on any atom is -0.478 e. The van der Waals surface area contributed by atoms with Crippen molar-refractivity contribution in [2.24, 2.45) is 0 Å². The number of sulfone groups is 1. The van der Waals surface area contributed by atoms with E-state index in [0.29, 0.717) is 47.1 Å². The van der Waals surface area contributed by atoms with Gasteiger partial charge in [-0.3, -0.25) is 5.32 Å². The number of hydrogen-bond donors (Lipinski definition) is 3. The van der Waals surface area contributed by atoms with Gasteiger partial charge in [-0.1, -0.05) is 36.4 Å². The van der Waals surface area contributed by atoms with Crippen molar-refractivity contribution in [1.29, 1.82) is 0 Å². The van der Waals surface area contributed by atoms with Crippen molar-refractivity contribution in [2.75, 3.05) is 25.1 Å². The number of rotatable bonds is 8. The van der Waals surface area contributed by atoms with Crippen molar-refractivity contribution in [1.82, 2.24) is 15.3 Å². The summed E-state index contributed by atoms with van der Waals surface area (Å²) in [4.78, 5) is 20.8. The lowest BCUT2D eigenvalue weighted by Gasteiger charge is -2.24. The van der Waals surface area contributed by atoms with E-state index in [9.17, 15) is 18.3 Å². The molecule has 0 bridgehead atoms. The minimum absolute atomic E-state index is 0.00256. The van der Waals surface area contributed by atoms with Gasteiger partial charge in [0.05, 0.1) is 35.7 Å². The number of carboxylic acid groups (broad SMARTS) is 1. The zero-order valence-corrected chi connectivity index (χ0v) is 23.0. The molecule has 1 unspecified atom stereocenters. The highest BCUT2D eigenvalue weighted by molar-refractivity contribution is 7.92. The number of hydrogen-bond acceptors (Lipinski definition) is 9. The van der Waals surface area contributed by atoms with E-state index >= 15 is 0 Å². The normalized spacial score (nSPS) is 15.3. The molecule has 6 rings (SSSR count). The molecule has 2 aromatic heterocycles. The van der Waals surface area contributed by atoms with E-state index in [4.69, 9.17) is 9.47 Å². The summed E-state index contributed by atoms with van der Waals surface area (Å²) in [7, 11) is -3.92. The molecule has 3 aromatic carbocycles. The van der Waals surface area contributed by atoms with Gasteiger partial charge in [0.15, 0.2) is 5.03 Å². The Morgan fingerprint density at radius 2 is 1.74 bits per heavy atom. The molecule has 0 saturated carbocycles. The lowest BCUT2D eigenvalue weighted by Crippen LogP contribution is -2.46. The van der Waals surface area contributed by atoms with Crippen LogP contribution in [0.25, 0.3) is 22.0 Å². The van der Waals surface area contributed by atoms with E-state index in [1.165, 1.54) is 12.1 Å². The van der Waals surface area contributed by atoms with Crippen LogP contribution in [-0.2, 0) is 14.6 Å². The first kappa shape index (κ1) is 27.3. The van der Waals surface area contributed by atoms with Gasteiger partial charge >= 0.3 is 5.97 Å². The molecule has 3 N–H and O–H groups in total. The highest BCUT2D eigenvalue weighted by Crippen LogP contribution is 2.34. The van der Waals surface area contributed by atoms with Crippen LogP contribution in [-0.4, -0.2) is 54.6 Å². The van der Waals surface area contributed by atoms with Crippen molar-refractivity contribution in [3.8, 4) is 22.8 Å². The Hall–Kier alpha value is -4.84. The topological polar surface area (TPSA) is 140 Å². The highest BCUT2D eigenvalue weighted by Gasteiger charge is 2.31. The van der Waals surface area contributed by atoms with Gasteiger partial charge in [-0.05, 0) is 54.1 Å². The van der Waals surface area contributed by atoms with Crippen LogP contribution in [0.3, 0.4) is 0 Å². The Morgan fingerprint density at radius 3 is 2.48 bits per heavy atom. The molecular formula is C31H26N4O6S.